The Morgan fingerprint density at radius 3 is 2.07 bits per heavy atom. The van der Waals surface area contributed by atoms with Gasteiger partial charge in [0.15, 0.2) is 0 Å². The van der Waals surface area contributed by atoms with E-state index in [0.29, 0.717) is 22.2 Å². The van der Waals surface area contributed by atoms with E-state index in [1.54, 1.807) is 60.7 Å². The van der Waals surface area contributed by atoms with Gasteiger partial charge in [-0.2, -0.15) is 0 Å². The lowest BCUT2D eigenvalue weighted by Gasteiger charge is -2.21. The molecule has 4 rings (SSSR count). The highest BCUT2D eigenvalue weighted by molar-refractivity contribution is 6.30. The lowest BCUT2D eigenvalue weighted by atomic mass is 9.82. The molecule has 138 valence electrons. The number of carboxylic acid groups (broad SMARTS) is 1. The molecule has 2 bridgehead atoms. The van der Waals surface area contributed by atoms with Gasteiger partial charge in [0.1, 0.15) is 17.4 Å². The van der Waals surface area contributed by atoms with Crippen molar-refractivity contribution in [3.05, 3.63) is 65.7 Å². The minimum atomic E-state index is -1.03. The fourth-order valence-corrected chi connectivity index (χ4v) is 3.51. The van der Waals surface area contributed by atoms with Gasteiger partial charge in [0.2, 0.25) is 5.91 Å². The smallest absolute Gasteiger partial charge is 0.310 e. The highest BCUT2D eigenvalue weighted by Crippen LogP contribution is 2.40. The van der Waals surface area contributed by atoms with E-state index in [1.807, 2.05) is 0 Å². The first-order chi connectivity index (χ1) is 13.0. The molecule has 2 aromatic rings. The summed E-state index contributed by atoms with van der Waals surface area (Å²) in [5.41, 5.74) is 0.555. The Morgan fingerprint density at radius 1 is 0.926 bits per heavy atom. The molecule has 7 heteroatoms. The summed E-state index contributed by atoms with van der Waals surface area (Å²) in [6.07, 6.45) is 2.41. The van der Waals surface area contributed by atoms with Crippen LogP contribution in [0.5, 0.6) is 11.5 Å². The standard InChI is InChI=1S/C20H16ClNO5/c21-11-1-5-13(6-2-11)26-14-7-3-12(4-8-14)22-19(23)17-15-9-10-16(27-15)18(17)20(24)25/h1-10,15-18H,(H,22,23)(H,24,25)/t15-,16-,17+,18+/m1/s1. The van der Waals surface area contributed by atoms with Gasteiger partial charge in [-0.15, -0.1) is 0 Å². The lowest BCUT2D eigenvalue weighted by molar-refractivity contribution is -0.145. The number of hydrogen-bond acceptors (Lipinski definition) is 4. The van der Waals surface area contributed by atoms with E-state index < -0.39 is 30.0 Å². The first-order valence-corrected chi connectivity index (χ1v) is 8.80. The zero-order chi connectivity index (χ0) is 19.0. The molecule has 27 heavy (non-hydrogen) atoms. The number of fused-ring (bicyclic) bond motifs is 2. The maximum absolute atomic E-state index is 12.6. The normalized spacial score (nSPS) is 25.4. The molecule has 1 fully saturated rings. The number of ether oxygens (including phenoxy) is 2. The molecule has 2 aromatic carbocycles. The Balaban J connectivity index is 1.42. The SMILES string of the molecule is O=C(O)[C@@H]1[C@@H](C(=O)Nc2ccc(Oc3ccc(Cl)cc3)cc2)[C@H]2C=C[C@H]1O2. The summed E-state index contributed by atoms with van der Waals surface area (Å²) in [6, 6.07) is 13.8. The third-order valence-electron chi connectivity index (χ3n) is 4.66. The molecule has 0 aromatic heterocycles. The molecule has 0 aliphatic carbocycles. The van der Waals surface area contributed by atoms with Gasteiger partial charge in [-0.3, -0.25) is 9.59 Å². The molecular weight excluding hydrogens is 370 g/mol. The monoisotopic (exact) mass is 385 g/mol. The molecule has 4 atom stereocenters. The number of rotatable bonds is 5. The number of halogens is 1. The van der Waals surface area contributed by atoms with E-state index in [4.69, 9.17) is 21.1 Å². The first-order valence-electron chi connectivity index (χ1n) is 8.42. The summed E-state index contributed by atoms with van der Waals surface area (Å²) >= 11 is 5.85. The molecule has 6 nitrogen and oxygen atoms in total. The Bertz CT molecular complexity index is 894. The zero-order valence-electron chi connectivity index (χ0n) is 14.0. The van der Waals surface area contributed by atoms with Crippen molar-refractivity contribution < 1.29 is 24.2 Å². The van der Waals surface area contributed by atoms with Crippen molar-refractivity contribution in [2.24, 2.45) is 11.8 Å². The summed E-state index contributed by atoms with van der Waals surface area (Å²) in [5.74, 6) is -1.77. The average Bonchev–Trinajstić information content (AvgIpc) is 3.26. The predicted octanol–water partition coefficient (Wildman–Crippen LogP) is 3.73. The number of hydrogen-bond donors (Lipinski definition) is 2. The second-order valence-corrected chi connectivity index (χ2v) is 6.85. The molecule has 0 unspecified atom stereocenters. The molecule has 2 aliphatic rings. The van der Waals surface area contributed by atoms with Crippen molar-refractivity contribution in [1.82, 2.24) is 0 Å². The fourth-order valence-electron chi connectivity index (χ4n) is 3.39. The summed E-state index contributed by atoms with van der Waals surface area (Å²) in [7, 11) is 0. The Labute approximate surface area is 160 Å². The van der Waals surface area contributed by atoms with Crippen molar-refractivity contribution in [3.8, 4) is 11.5 Å². The number of carboxylic acids is 1. The second kappa shape index (κ2) is 7.06. The second-order valence-electron chi connectivity index (χ2n) is 6.41. The molecule has 1 amide bonds. The van der Waals surface area contributed by atoms with Crippen molar-refractivity contribution in [1.29, 1.82) is 0 Å². The van der Waals surface area contributed by atoms with Crippen LogP contribution in [0.15, 0.2) is 60.7 Å². The highest BCUT2D eigenvalue weighted by Gasteiger charge is 2.53. The van der Waals surface area contributed by atoms with Gasteiger partial charge in [-0.1, -0.05) is 23.8 Å². The van der Waals surface area contributed by atoms with E-state index in [0.717, 1.165) is 0 Å². The molecule has 0 spiro atoms. The number of aliphatic carboxylic acids is 1. The van der Waals surface area contributed by atoms with Gasteiger partial charge in [0, 0.05) is 10.7 Å². The van der Waals surface area contributed by atoms with Crippen molar-refractivity contribution in [2.45, 2.75) is 12.2 Å². The van der Waals surface area contributed by atoms with Crippen molar-refractivity contribution in [2.75, 3.05) is 5.32 Å². The van der Waals surface area contributed by atoms with Crippen LogP contribution in [0.1, 0.15) is 0 Å². The quantitative estimate of drug-likeness (QED) is 0.766. The zero-order valence-corrected chi connectivity index (χ0v) is 14.8. The van der Waals surface area contributed by atoms with Gasteiger partial charge in [-0.25, -0.2) is 0 Å². The van der Waals surface area contributed by atoms with Gasteiger partial charge in [0.25, 0.3) is 0 Å². The van der Waals surface area contributed by atoms with Crippen LogP contribution in [-0.4, -0.2) is 29.2 Å². The number of carbonyl (C=O) groups is 2. The summed E-state index contributed by atoms with van der Waals surface area (Å²) in [4.78, 5) is 24.1. The van der Waals surface area contributed by atoms with Crippen LogP contribution in [0.2, 0.25) is 5.02 Å². The number of anilines is 1. The number of nitrogens with one attached hydrogen (secondary N) is 1. The Morgan fingerprint density at radius 2 is 1.48 bits per heavy atom. The number of carbonyl (C=O) groups excluding carboxylic acids is 1. The minimum Gasteiger partial charge on any atom is -0.481 e. The van der Waals surface area contributed by atoms with Crippen molar-refractivity contribution >= 4 is 29.2 Å². The maximum atomic E-state index is 12.6. The largest absolute Gasteiger partial charge is 0.481 e. The molecular formula is C20H16ClNO5. The maximum Gasteiger partial charge on any atom is 0.310 e. The third kappa shape index (κ3) is 3.54. The topological polar surface area (TPSA) is 84.9 Å². The van der Waals surface area contributed by atoms with Crippen LogP contribution in [0, 0.1) is 11.8 Å². The lowest BCUT2D eigenvalue weighted by Crippen LogP contribution is -2.39. The molecule has 1 saturated heterocycles. The molecule has 0 saturated carbocycles. The van der Waals surface area contributed by atoms with E-state index in [1.165, 1.54) is 0 Å². The number of benzene rings is 2. The van der Waals surface area contributed by atoms with Crippen LogP contribution in [0.3, 0.4) is 0 Å². The van der Waals surface area contributed by atoms with Gasteiger partial charge in [0.05, 0.1) is 18.1 Å². The van der Waals surface area contributed by atoms with Gasteiger partial charge < -0.3 is 19.9 Å². The fraction of sp³-hybridized carbons (Fsp3) is 0.200. The van der Waals surface area contributed by atoms with E-state index >= 15 is 0 Å². The van der Waals surface area contributed by atoms with Crippen LogP contribution < -0.4 is 10.1 Å². The Hall–Kier alpha value is -2.83. The van der Waals surface area contributed by atoms with E-state index in [2.05, 4.69) is 5.32 Å². The van der Waals surface area contributed by atoms with Gasteiger partial charge in [-0.05, 0) is 48.5 Å². The van der Waals surface area contributed by atoms with E-state index in [-0.39, 0.29) is 5.91 Å². The third-order valence-corrected chi connectivity index (χ3v) is 4.91. The molecule has 2 heterocycles. The molecule has 2 aliphatic heterocycles. The van der Waals surface area contributed by atoms with Crippen LogP contribution in [0.4, 0.5) is 5.69 Å². The number of amides is 1. The highest BCUT2D eigenvalue weighted by atomic mass is 35.5. The summed E-state index contributed by atoms with van der Waals surface area (Å²) < 4.78 is 11.2. The predicted molar refractivity (Wildman–Crippen MR) is 99.0 cm³/mol. The summed E-state index contributed by atoms with van der Waals surface area (Å²) in [6.45, 7) is 0. The first kappa shape index (κ1) is 17.6. The minimum absolute atomic E-state index is 0.370. The molecule has 2 N–H and O–H groups in total. The Kier molecular flexibility index (Phi) is 4.59. The van der Waals surface area contributed by atoms with Crippen LogP contribution >= 0.6 is 11.6 Å². The van der Waals surface area contributed by atoms with Crippen LogP contribution in [0.25, 0.3) is 0 Å². The molecule has 0 radical (unpaired) electrons. The van der Waals surface area contributed by atoms with Crippen LogP contribution in [-0.2, 0) is 14.3 Å². The summed E-state index contributed by atoms with van der Waals surface area (Å²) in [5, 5.41) is 12.8. The van der Waals surface area contributed by atoms with Crippen molar-refractivity contribution in [3.63, 3.8) is 0 Å². The van der Waals surface area contributed by atoms with Gasteiger partial charge >= 0.3 is 5.97 Å². The average molecular weight is 386 g/mol. The van der Waals surface area contributed by atoms with E-state index in [9.17, 15) is 14.7 Å².